The Bertz CT molecular complexity index is 962. The molecule has 0 fully saturated rings. The molecular formula is C17H11FN2O3. The molecule has 3 aromatic rings. The predicted octanol–water partition coefficient (Wildman–Crippen LogP) is 3.07. The average molecular weight is 310 g/mol. The highest BCUT2D eigenvalue weighted by Crippen LogP contribution is 2.26. The van der Waals surface area contributed by atoms with E-state index in [9.17, 15) is 14.0 Å². The number of carbonyl (C=O) groups excluding carboxylic acids is 2. The number of fused-ring (bicyclic) bond motifs is 2. The van der Waals surface area contributed by atoms with Crippen LogP contribution in [0.3, 0.4) is 0 Å². The third kappa shape index (κ3) is 2.15. The van der Waals surface area contributed by atoms with Crippen LogP contribution in [0.25, 0.3) is 11.0 Å². The van der Waals surface area contributed by atoms with Gasteiger partial charge >= 0.3 is 0 Å². The molecule has 23 heavy (non-hydrogen) atoms. The van der Waals surface area contributed by atoms with Gasteiger partial charge in [-0.1, -0.05) is 12.1 Å². The van der Waals surface area contributed by atoms with Gasteiger partial charge in [0.1, 0.15) is 11.4 Å². The second-order valence-electron chi connectivity index (χ2n) is 5.27. The Balaban J connectivity index is 1.72. The van der Waals surface area contributed by atoms with E-state index in [1.165, 1.54) is 18.4 Å². The number of benzene rings is 2. The average Bonchev–Trinajstić information content (AvgIpc) is 3.13. The van der Waals surface area contributed by atoms with Crippen molar-refractivity contribution in [3.63, 3.8) is 0 Å². The summed E-state index contributed by atoms with van der Waals surface area (Å²) in [6.07, 6.45) is 1.43. The van der Waals surface area contributed by atoms with Crippen molar-refractivity contribution < 1.29 is 18.4 Å². The van der Waals surface area contributed by atoms with Crippen LogP contribution in [0, 0.1) is 5.82 Å². The first-order valence-electron chi connectivity index (χ1n) is 7.01. The first kappa shape index (κ1) is 13.5. The summed E-state index contributed by atoms with van der Waals surface area (Å²) in [4.78, 5) is 24.3. The van der Waals surface area contributed by atoms with E-state index in [2.05, 4.69) is 10.6 Å². The van der Waals surface area contributed by atoms with Crippen LogP contribution < -0.4 is 10.6 Å². The molecule has 2 heterocycles. The zero-order chi connectivity index (χ0) is 16.0. The number of hydrogen-bond donors (Lipinski definition) is 2. The molecule has 1 aliphatic rings. The molecule has 0 unspecified atom stereocenters. The summed E-state index contributed by atoms with van der Waals surface area (Å²) in [5, 5.41) is 5.94. The Hall–Kier alpha value is -3.15. The molecule has 1 aliphatic heterocycles. The van der Waals surface area contributed by atoms with Crippen molar-refractivity contribution in [1.29, 1.82) is 0 Å². The molecule has 6 heteroatoms. The highest BCUT2D eigenvalue weighted by molar-refractivity contribution is 6.11. The summed E-state index contributed by atoms with van der Waals surface area (Å²) in [5.74, 6) is -1.54. The van der Waals surface area contributed by atoms with E-state index in [1.807, 2.05) is 0 Å². The van der Waals surface area contributed by atoms with Crippen LogP contribution in [0.15, 0.2) is 47.1 Å². The van der Waals surface area contributed by atoms with Crippen molar-refractivity contribution in [2.24, 2.45) is 0 Å². The van der Waals surface area contributed by atoms with Gasteiger partial charge in [0.25, 0.3) is 11.8 Å². The van der Waals surface area contributed by atoms with Crippen LogP contribution in [-0.4, -0.2) is 11.8 Å². The lowest BCUT2D eigenvalue weighted by atomic mass is 10.1. The first-order valence-corrected chi connectivity index (χ1v) is 7.01. The molecule has 4 rings (SSSR count). The van der Waals surface area contributed by atoms with E-state index < -0.39 is 11.7 Å². The molecule has 2 aromatic carbocycles. The molecule has 0 saturated heterocycles. The number of anilines is 1. The monoisotopic (exact) mass is 310 g/mol. The number of carbonyl (C=O) groups is 2. The Morgan fingerprint density at radius 2 is 2.13 bits per heavy atom. The molecule has 0 aliphatic carbocycles. The summed E-state index contributed by atoms with van der Waals surface area (Å²) in [5.41, 5.74) is 1.87. The SMILES string of the molecule is O=C(Nc1cccc2c1C(=O)NC2)c1cc2ccoc2cc1F. The second-order valence-corrected chi connectivity index (χ2v) is 5.27. The molecule has 5 nitrogen and oxygen atoms in total. The van der Waals surface area contributed by atoms with Crippen molar-refractivity contribution >= 4 is 28.5 Å². The third-order valence-corrected chi connectivity index (χ3v) is 3.85. The molecular weight excluding hydrogens is 299 g/mol. The van der Waals surface area contributed by atoms with Crippen LogP contribution in [0.2, 0.25) is 0 Å². The zero-order valence-electron chi connectivity index (χ0n) is 11.9. The molecule has 2 amide bonds. The number of hydrogen-bond acceptors (Lipinski definition) is 3. The molecule has 114 valence electrons. The lowest BCUT2D eigenvalue weighted by Crippen LogP contribution is -2.18. The minimum atomic E-state index is -0.679. The predicted molar refractivity (Wildman–Crippen MR) is 81.7 cm³/mol. The van der Waals surface area contributed by atoms with Gasteiger partial charge in [-0.25, -0.2) is 4.39 Å². The Labute approximate surface area is 130 Å². The molecule has 0 spiro atoms. The first-order chi connectivity index (χ1) is 11.1. The van der Waals surface area contributed by atoms with Crippen LogP contribution in [-0.2, 0) is 6.54 Å². The highest BCUT2D eigenvalue weighted by Gasteiger charge is 2.24. The van der Waals surface area contributed by atoms with Crippen LogP contribution >= 0.6 is 0 Å². The zero-order valence-corrected chi connectivity index (χ0v) is 11.9. The van der Waals surface area contributed by atoms with E-state index in [0.29, 0.717) is 28.8 Å². The van der Waals surface area contributed by atoms with Gasteiger partial charge in [-0.2, -0.15) is 0 Å². The maximum atomic E-state index is 14.1. The van der Waals surface area contributed by atoms with Crippen molar-refractivity contribution in [3.8, 4) is 0 Å². The summed E-state index contributed by atoms with van der Waals surface area (Å²) in [7, 11) is 0. The van der Waals surface area contributed by atoms with E-state index in [1.54, 1.807) is 24.3 Å². The summed E-state index contributed by atoms with van der Waals surface area (Å²) >= 11 is 0. The van der Waals surface area contributed by atoms with Crippen LogP contribution in [0.1, 0.15) is 26.3 Å². The molecule has 0 bridgehead atoms. The van der Waals surface area contributed by atoms with Crippen molar-refractivity contribution in [3.05, 3.63) is 65.2 Å². The molecule has 0 saturated carbocycles. The van der Waals surface area contributed by atoms with Gasteiger partial charge in [0.15, 0.2) is 0 Å². The molecule has 2 N–H and O–H groups in total. The van der Waals surface area contributed by atoms with Crippen molar-refractivity contribution in [2.75, 3.05) is 5.32 Å². The summed E-state index contributed by atoms with van der Waals surface area (Å²) in [6, 6.07) is 9.42. The smallest absolute Gasteiger partial charge is 0.258 e. The minimum Gasteiger partial charge on any atom is -0.464 e. The topological polar surface area (TPSA) is 71.3 Å². The minimum absolute atomic E-state index is 0.102. The lowest BCUT2D eigenvalue weighted by Gasteiger charge is -2.09. The van der Waals surface area contributed by atoms with Gasteiger partial charge in [-0.15, -0.1) is 0 Å². The van der Waals surface area contributed by atoms with Gasteiger partial charge in [-0.05, 0) is 23.8 Å². The third-order valence-electron chi connectivity index (χ3n) is 3.85. The van der Waals surface area contributed by atoms with Gasteiger partial charge < -0.3 is 15.1 Å². The maximum absolute atomic E-state index is 14.1. The van der Waals surface area contributed by atoms with Crippen molar-refractivity contribution in [1.82, 2.24) is 5.32 Å². The standard InChI is InChI=1S/C17H11FN2O3/c18-12-7-14-9(4-5-23-14)6-11(12)16(21)20-13-3-1-2-10-8-19-17(22)15(10)13/h1-7H,8H2,(H,19,22)(H,20,21). The van der Waals surface area contributed by atoms with Gasteiger partial charge in [0.2, 0.25) is 0 Å². The lowest BCUT2D eigenvalue weighted by molar-refractivity contribution is 0.0966. The second kappa shape index (κ2) is 4.95. The van der Waals surface area contributed by atoms with Gasteiger partial charge in [0, 0.05) is 18.0 Å². The quantitative estimate of drug-likeness (QED) is 0.764. The van der Waals surface area contributed by atoms with E-state index >= 15 is 0 Å². The van der Waals surface area contributed by atoms with Gasteiger partial charge in [-0.3, -0.25) is 9.59 Å². The van der Waals surface area contributed by atoms with Crippen LogP contribution in [0.5, 0.6) is 0 Å². The number of halogens is 1. The fourth-order valence-electron chi connectivity index (χ4n) is 2.73. The highest BCUT2D eigenvalue weighted by atomic mass is 19.1. The van der Waals surface area contributed by atoms with Crippen LogP contribution in [0.4, 0.5) is 10.1 Å². The Kier molecular flexibility index (Phi) is 2.90. The van der Waals surface area contributed by atoms with E-state index in [-0.39, 0.29) is 11.5 Å². The Morgan fingerprint density at radius 3 is 3.00 bits per heavy atom. The van der Waals surface area contributed by atoms with Crippen molar-refractivity contribution in [2.45, 2.75) is 6.54 Å². The maximum Gasteiger partial charge on any atom is 0.258 e. The molecule has 1 aromatic heterocycles. The fraction of sp³-hybridized carbons (Fsp3) is 0.0588. The Morgan fingerprint density at radius 1 is 1.26 bits per heavy atom. The number of nitrogens with one attached hydrogen (secondary N) is 2. The van der Waals surface area contributed by atoms with Gasteiger partial charge in [0.05, 0.1) is 23.1 Å². The largest absolute Gasteiger partial charge is 0.464 e. The van der Waals surface area contributed by atoms with E-state index in [4.69, 9.17) is 4.42 Å². The summed E-state index contributed by atoms with van der Waals surface area (Å²) < 4.78 is 19.2. The number of rotatable bonds is 2. The molecule has 0 atom stereocenters. The summed E-state index contributed by atoms with van der Waals surface area (Å²) in [6.45, 7) is 0.424. The number of amides is 2. The molecule has 0 radical (unpaired) electrons. The number of furan rings is 1. The fourth-order valence-corrected chi connectivity index (χ4v) is 2.73. The van der Waals surface area contributed by atoms with E-state index in [0.717, 1.165) is 5.56 Å². The normalized spacial score (nSPS) is 13.0.